The molecule has 2 N–H and O–H groups in total. The Labute approximate surface area is 91.3 Å². The van der Waals surface area contributed by atoms with Crippen molar-refractivity contribution in [2.45, 2.75) is 37.8 Å². The van der Waals surface area contributed by atoms with Crippen LogP contribution >= 0.6 is 0 Å². The fourth-order valence-corrected chi connectivity index (χ4v) is 2.20. The second-order valence-electron chi connectivity index (χ2n) is 4.29. The smallest absolute Gasteiger partial charge is 0.0696 e. The first-order valence-corrected chi connectivity index (χ1v) is 5.81. The topological polar surface area (TPSA) is 32.3 Å². The van der Waals surface area contributed by atoms with Gasteiger partial charge < -0.3 is 10.4 Å². The molecule has 2 atom stereocenters. The number of hydrogen-bond donors (Lipinski definition) is 2. The van der Waals surface area contributed by atoms with Crippen LogP contribution in [0.25, 0.3) is 0 Å². The van der Waals surface area contributed by atoms with Gasteiger partial charge in [-0.2, -0.15) is 0 Å². The molecule has 0 saturated carbocycles. The van der Waals surface area contributed by atoms with Gasteiger partial charge in [0.1, 0.15) is 0 Å². The summed E-state index contributed by atoms with van der Waals surface area (Å²) in [5.41, 5.74) is 1.31. The zero-order chi connectivity index (χ0) is 10.5. The van der Waals surface area contributed by atoms with Crippen LogP contribution in [0.2, 0.25) is 0 Å². The molecule has 1 saturated heterocycles. The van der Waals surface area contributed by atoms with Crippen LogP contribution in [0.4, 0.5) is 0 Å². The number of nitrogens with one attached hydrogen (secondary N) is 1. The van der Waals surface area contributed by atoms with Gasteiger partial charge in [0.15, 0.2) is 0 Å². The third-order valence-corrected chi connectivity index (χ3v) is 3.13. The van der Waals surface area contributed by atoms with Crippen molar-refractivity contribution < 1.29 is 5.11 Å². The van der Waals surface area contributed by atoms with Crippen molar-refractivity contribution in [1.82, 2.24) is 5.32 Å². The van der Waals surface area contributed by atoms with Crippen LogP contribution in [0.3, 0.4) is 0 Å². The van der Waals surface area contributed by atoms with Gasteiger partial charge in [-0.15, -0.1) is 0 Å². The van der Waals surface area contributed by atoms with Gasteiger partial charge in [0.2, 0.25) is 0 Å². The quantitative estimate of drug-likeness (QED) is 0.784. The minimum absolute atomic E-state index is 0.187. The van der Waals surface area contributed by atoms with Crippen molar-refractivity contribution >= 4 is 0 Å². The Morgan fingerprint density at radius 1 is 1.33 bits per heavy atom. The normalized spacial score (nSPS) is 22.9. The highest BCUT2D eigenvalue weighted by atomic mass is 16.3. The largest absolute Gasteiger partial charge is 0.391 e. The first kappa shape index (κ1) is 10.7. The van der Waals surface area contributed by atoms with Gasteiger partial charge in [0.25, 0.3) is 0 Å². The highest BCUT2D eigenvalue weighted by Crippen LogP contribution is 2.14. The SMILES string of the molecule is OC(CCc1ccccc1)[C@H]1CCCN1. The fraction of sp³-hybridized carbons (Fsp3) is 0.538. The van der Waals surface area contributed by atoms with Crippen LogP contribution < -0.4 is 5.32 Å². The number of aryl methyl sites for hydroxylation is 1. The predicted molar refractivity (Wildman–Crippen MR) is 61.8 cm³/mol. The number of benzene rings is 1. The Morgan fingerprint density at radius 3 is 2.80 bits per heavy atom. The Bertz CT molecular complexity index is 280. The summed E-state index contributed by atoms with van der Waals surface area (Å²) in [7, 11) is 0. The lowest BCUT2D eigenvalue weighted by Gasteiger charge is -2.17. The molecule has 0 aliphatic carbocycles. The molecular weight excluding hydrogens is 186 g/mol. The van der Waals surface area contributed by atoms with E-state index in [9.17, 15) is 5.11 Å². The Balaban J connectivity index is 1.77. The molecular formula is C13H19NO. The number of rotatable bonds is 4. The number of aliphatic hydroxyl groups is 1. The van der Waals surface area contributed by atoms with E-state index in [4.69, 9.17) is 0 Å². The van der Waals surface area contributed by atoms with Gasteiger partial charge in [-0.1, -0.05) is 30.3 Å². The van der Waals surface area contributed by atoms with Crippen LogP contribution in [0, 0.1) is 0 Å². The average Bonchev–Trinajstić information content (AvgIpc) is 2.81. The maximum absolute atomic E-state index is 9.95. The van der Waals surface area contributed by atoms with E-state index in [0.29, 0.717) is 6.04 Å². The van der Waals surface area contributed by atoms with Crippen molar-refractivity contribution in [1.29, 1.82) is 0 Å². The highest BCUT2D eigenvalue weighted by molar-refractivity contribution is 5.14. The molecule has 15 heavy (non-hydrogen) atoms. The van der Waals surface area contributed by atoms with Crippen LogP contribution in [0.5, 0.6) is 0 Å². The van der Waals surface area contributed by atoms with Crippen molar-refractivity contribution in [2.24, 2.45) is 0 Å². The molecule has 1 aliphatic rings. The molecule has 82 valence electrons. The van der Waals surface area contributed by atoms with Crippen molar-refractivity contribution in [3.05, 3.63) is 35.9 Å². The Morgan fingerprint density at radius 2 is 2.13 bits per heavy atom. The fourth-order valence-electron chi connectivity index (χ4n) is 2.20. The summed E-state index contributed by atoms with van der Waals surface area (Å²) in [5, 5.41) is 13.3. The Kier molecular flexibility index (Phi) is 3.75. The van der Waals surface area contributed by atoms with E-state index in [0.717, 1.165) is 25.8 Å². The van der Waals surface area contributed by atoms with Crippen molar-refractivity contribution in [3.8, 4) is 0 Å². The van der Waals surface area contributed by atoms with Gasteiger partial charge >= 0.3 is 0 Å². The minimum Gasteiger partial charge on any atom is -0.391 e. The Hall–Kier alpha value is -0.860. The van der Waals surface area contributed by atoms with Crippen LogP contribution in [-0.2, 0) is 6.42 Å². The van der Waals surface area contributed by atoms with Crippen molar-refractivity contribution in [3.63, 3.8) is 0 Å². The third-order valence-electron chi connectivity index (χ3n) is 3.13. The molecule has 0 spiro atoms. The van der Waals surface area contributed by atoms with E-state index >= 15 is 0 Å². The first-order valence-electron chi connectivity index (χ1n) is 5.81. The molecule has 1 heterocycles. The third kappa shape index (κ3) is 3.05. The van der Waals surface area contributed by atoms with Gasteiger partial charge in [0, 0.05) is 6.04 Å². The lowest BCUT2D eigenvalue weighted by atomic mass is 10.0. The molecule has 2 rings (SSSR count). The maximum atomic E-state index is 9.95. The molecule has 0 amide bonds. The second-order valence-corrected chi connectivity index (χ2v) is 4.29. The van der Waals surface area contributed by atoms with Gasteiger partial charge in [0.05, 0.1) is 6.10 Å². The zero-order valence-electron chi connectivity index (χ0n) is 9.02. The second kappa shape index (κ2) is 5.29. The standard InChI is InChI=1S/C13H19NO/c15-13(12-7-4-10-14-12)9-8-11-5-2-1-3-6-11/h1-3,5-6,12-15H,4,7-10H2/t12-,13?/m1/s1. The van der Waals surface area contributed by atoms with E-state index in [1.165, 1.54) is 12.0 Å². The molecule has 1 fully saturated rings. The molecule has 2 heteroatoms. The van der Waals surface area contributed by atoms with Gasteiger partial charge in [-0.3, -0.25) is 0 Å². The van der Waals surface area contributed by atoms with E-state index in [-0.39, 0.29) is 6.10 Å². The monoisotopic (exact) mass is 205 g/mol. The molecule has 0 bridgehead atoms. The molecule has 0 aromatic heterocycles. The lowest BCUT2D eigenvalue weighted by molar-refractivity contribution is 0.127. The predicted octanol–water partition coefficient (Wildman–Crippen LogP) is 1.73. The van der Waals surface area contributed by atoms with E-state index < -0.39 is 0 Å². The number of aliphatic hydroxyl groups excluding tert-OH is 1. The molecule has 1 unspecified atom stereocenters. The molecule has 2 nitrogen and oxygen atoms in total. The van der Waals surface area contributed by atoms with Gasteiger partial charge in [-0.05, 0) is 37.8 Å². The molecule has 1 aromatic carbocycles. The number of hydrogen-bond acceptors (Lipinski definition) is 2. The zero-order valence-corrected chi connectivity index (χ0v) is 9.02. The first-order chi connectivity index (χ1) is 7.36. The molecule has 1 aromatic rings. The summed E-state index contributed by atoms with van der Waals surface area (Å²) in [6.45, 7) is 1.06. The van der Waals surface area contributed by atoms with E-state index in [2.05, 4.69) is 29.6 Å². The summed E-state index contributed by atoms with van der Waals surface area (Å²) in [6, 6.07) is 10.7. The van der Waals surface area contributed by atoms with Crippen LogP contribution in [0.15, 0.2) is 30.3 Å². The van der Waals surface area contributed by atoms with E-state index in [1.807, 2.05) is 6.07 Å². The van der Waals surface area contributed by atoms with Crippen LogP contribution in [0.1, 0.15) is 24.8 Å². The van der Waals surface area contributed by atoms with Crippen molar-refractivity contribution in [2.75, 3.05) is 6.54 Å². The lowest BCUT2D eigenvalue weighted by Crippen LogP contribution is -2.34. The van der Waals surface area contributed by atoms with Gasteiger partial charge in [-0.25, -0.2) is 0 Å². The minimum atomic E-state index is -0.187. The summed E-state index contributed by atoms with van der Waals surface area (Å²) >= 11 is 0. The summed E-state index contributed by atoms with van der Waals surface area (Å²) < 4.78 is 0. The van der Waals surface area contributed by atoms with Crippen LogP contribution in [-0.4, -0.2) is 23.8 Å². The summed E-state index contributed by atoms with van der Waals surface area (Å²) in [5.74, 6) is 0. The highest BCUT2D eigenvalue weighted by Gasteiger charge is 2.21. The molecule has 1 aliphatic heterocycles. The van der Waals surface area contributed by atoms with E-state index in [1.54, 1.807) is 0 Å². The summed E-state index contributed by atoms with van der Waals surface area (Å²) in [4.78, 5) is 0. The molecule has 0 radical (unpaired) electrons. The maximum Gasteiger partial charge on any atom is 0.0696 e. The average molecular weight is 205 g/mol. The summed E-state index contributed by atoms with van der Waals surface area (Å²) in [6.07, 6.45) is 3.97.